The third kappa shape index (κ3) is 3.13. The summed E-state index contributed by atoms with van der Waals surface area (Å²) in [4.78, 5) is 29.7. The molecular weight excluding hydrogens is 368 g/mol. The van der Waals surface area contributed by atoms with Gasteiger partial charge in [-0.15, -0.1) is 11.3 Å². The van der Waals surface area contributed by atoms with Gasteiger partial charge >= 0.3 is 5.97 Å². The highest BCUT2D eigenvalue weighted by molar-refractivity contribution is 7.15. The molecule has 7 nitrogen and oxygen atoms in total. The summed E-state index contributed by atoms with van der Waals surface area (Å²) in [6.45, 7) is 1.94. The number of para-hydroxylation sites is 1. The van der Waals surface area contributed by atoms with Crippen LogP contribution >= 0.6 is 11.3 Å². The van der Waals surface area contributed by atoms with Crippen LogP contribution in [0.1, 0.15) is 27.5 Å². The summed E-state index contributed by atoms with van der Waals surface area (Å²) >= 11 is 1.36. The van der Waals surface area contributed by atoms with Crippen molar-refractivity contribution in [3.05, 3.63) is 68.8 Å². The Labute approximate surface area is 157 Å². The first-order valence-electron chi connectivity index (χ1n) is 8.21. The molecule has 0 saturated heterocycles. The van der Waals surface area contributed by atoms with Crippen LogP contribution < -0.4 is 5.56 Å². The molecule has 0 fully saturated rings. The Kier molecular flexibility index (Phi) is 4.51. The van der Waals surface area contributed by atoms with Crippen LogP contribution in [-0.4, -0.2) is 22.5 Å². The molecule has 0 aliphatic heterocycles. The van der Waals surface area contributed by atoms with Gasteiger partial charge in [0.15, 0.2) is 4.96 Å². The number of aromatic nitrogens is 2. The molecule has 4 aromatic rings. The van der Waals surface area contributed by atoms with Crippen LogP contribution in [0.2, 0.25) is 0 Å². The molecule has 0 aliphatic carbocycles. The number of methoxy groups -OCH3 is 1. The lowest BCUT2D eigenvalue weighted by atomic mass is 10.1. The highest BCUT2D eigenvalue weighted by atomic mass is 32.1. The number of carbonyl (C=O) groups excluding carboxylic acids is 1. The summed E-state index contributed by atoms with van der Waals surface area (Å²) in [5.74, 6) is -0.523. The summed E-state index contributed by atoms with van der Waals surface area (Å²) in [7, 11) is 1.55. The Morgan fingerprint density at radius 1 is 1.30 bits per heavy atom. The van der Waals surface area contributed by atoms with Gasteiger partial charge < -0.3 is 13.9 Å². The number of furan rings is 1. The van der Waals surface area contributed by atoms with Crippen LogP contribution in [0.5, 0.6) is 0 Å². The number of nitrogens with zero attached hydrogens (tertiary/aromatic N) is 2. The molecule has 0 aliphatic rings. The molecule has 138 valence electrons. The lowest BCUT2D eigenvalue weighted by Gasteiger charge is -2.05. The maximum Gasteiger partial charge on any atom is 0.375 e. The van der Waals surface area contributed by atoms with E-state index in [-0.39, 0.29) is 24.5 Å². The number of aryl methyl sites for hydroxylation is 1. The van der Waals surface area contributed by atoms with E-state index in [1.807, 2.05) is 30.5 Å². The number of thiazole rings is 1. The van der Waals surface area contributed by atoms with E-state index in [1.54, 1.807) is 13.2 Å². The van der Waals surface area contributed by atoms with Gasteiger partial charge in [0.25, 0.3) is 5.56 Å². The largest absolute Gasteiger partial charge is 0.453 e. The molecular formula is C19H16N2O5S. The van der Waals surface area contributed by atoms with Crippen molar-refractivity contribution in [3.63, 3.8) is 0 Å². The van der Waals surface area contributed by atoms with E-state index in [2.05, 4.69) is 4.98 Å². The number of fused-ring (bicyclic) bond motifs is 2. The van der Waals surface area contributed by atoms with Crippen molar-refractivity contribution in [2.75, 3.05) is 7.11 Å². The molecule has 4 rings (SSSR count). The Morgan fingerprint density at radius 3 is 2.93 bits per heavy atom. The van der Waals surface area contributed by atoms with E-state index in [0.29, 0.717) is 21.8 Å². The molecule has 0 spiro atoms. The number of benzene rings is 1. The quantitative estimate of drug-likeness (QED) is 0.491. The van der Waals surface area contributed by atoms with Crippen molar-refractivity contribution in [1.29, 1.82) is 0 Å². The van der Waals surface area contributed by atoms with Gasteiger partial charge in [0.2, 0.25) is 5.76 Å². The Balaban J connectivity index is 1.61. The molecule has 3 heterocycles. The second kappa shape index (κ2) is 6.98. The second-order valence-electron chi connectivity index (χ2n) is 6.00. The molecule has 3 aromatic heterocycles. The lowest BCUT2D eigenvalue weighted by molar-refractivity contribution is 0.0427. The van der Waals surface area contributed by atoms with Crippen LogP contribution in [0.3, 0.4) is 0 Å². The van der Waals surface area contributed by atoms with Gasteiger partial charge in [-0.25, -0.2) is 9.78 Å². The molecule has 8 heteroatoms. The summed E-state index contributed by atoms with van der Waals surface area (Å²) < 4.78 is 17.7. The number of esters is 1. The molecule has 0 bridgehead atoms. The van der Waals surface area contributed by atoms with Crippen molar-refractivity contribution < 1.29 is 18.7 Å². The molecule has 0 radical (unpaired) electrons. The summed E-state index contributed by atoms with van der Waals surface area (Å²) in [5.41, 5.74) is 2.23. The minimum atomic E-state index is -0.623. The third-order valence-corrected chi connectivity index (χ3v) is 5.10. The van der Waals surface area contributed by atoms with Gasteiger partial charge in [-0.2, -0.15) is 0 Å². The van der Waals surface area contributed by atoms with Crippen molar-refractivity contribution in [2.45, 2.75) is 20.1 Å². The third-order valence-electron chi connectivity index (χ3n) is 4.15. The average Bonchev–Trinajstić information content (AvgIpc) is 3.22. The van der Waals surface area contributed by atoms with Crippen molar-refractivity contribution >= 4 is 33.2 Å². The van der Waals surface area contributed by atoms with Crippen LogP contribution in [0, 0.1) is 6.92 Å². The fourth-order valence-corrected chi connectivity index (χ4v) is 3.82. The van der Waals surface area contributed by atoms with Crippen molar-refractivity contribution in [3.8, 4) is 0 Å². The van der Waals surface area contributed by atoms with E-state index in [1.165, 1.54) is 21.8 Å². The van der Waals surface area contributed by atoms with Crippen LogP contribution in [0.25, 0.3) is 15.9 Å². The van der Waals surface area contributed by atoms with E-state index in [0.717, 1.165) is 11.1 Å². The SMILES string of the molecule is COCc1c(C(=O)OCc2cc(=O)n3c(C)csc3n2)oc2ccccc12. The monoisotopic (exact) mass is 384 g/mol. The van der Waals surface area contributed by atoms with Crippen LogP contribution in [-0.2, 0) is 22.7 Å². The fraction of sp³-hybridized carbons (Fsp3) is 0.211. The maximum absolute atomic E-state index is 12.6. The molecule has 0 N–H and O–H groups in total. The number of rotatable bonds is 5. The zero-order valence-electron chi connectivity index (χ0n) is 14.7. The molecule has 1 aromatic carbocycles. The van der Waals surface area contributed by atoms with E-state index >= 15 is 0 Å². The summed E-state index contributed by atoms with van der Waals surface area (Å²) in [6.07, 6.45) is 0. The standard InChI is InChI=1S/C19H16N2O5S/c1-11-10-27-19-20-12(7-16(22)21(11)19)8-25-18(23)17-14(9-24-2)13-5-3-4-6-15(13)26-17/h3-7,10H,8-9H2,1-2H3. The number of hydrogen-bond acceptors (Lipinski definition) is 7. The first-order chi connectivity index (χ1) is 13.1. The molecule has 27 heavy (non-hydrogen) atoms. The normalized spacial score (nSPS) is 11.3. The first kappa shape index (κ1) is 17.4. The van der Waals surface area contributed by atoms with Crippen molar-refractivity contribution in [1.82, 2.24) is 9.38 Å². The van der Waals surface area contributed by atoms with Crippen molar-refractivity contribution in [2.24, 2.45) is 0 Å². The number of carbonyl (C=O) groups is 1. The van der Waals surface area contributed by atoms with E-state index < -0.39 is 5.97 Å². The van der Waals surface area contributed by atoms with Gasteiger partial charge in [0.1, 0.15) is 12.2 Å². The predicted octanol–water partition coefficient (Wildman–Crippen LogP) is 3.31. The topological polar surface area (TPSA) is 83.0 Å². The lowest BCUT2D eigenvalue weighted by Crippen LogP contribution is -2.16. The Bertz CT molecular complexity index is 1200. The van der Waals surface area contributed by atoms with Crippen LogP contribution in [0.4, 0.5) is 0 Å². The highest BCUT2D eigenvalue weighted by Crippen LogP contribution is 2.27. The van der Waals surface area contributed by atoms with E-state index in [9.17, 15) is 9.59 Å². The minimum Gasteiger partial charge on any atom is -0.453 e. The van der Waals surface area contributed by atoms with Gasteiger partial charge in [0.05, 0.1) is 12.3 Å². The number of hydrogen-bond donors (Lipinski definition) is 0. The Hall–Kier alpha value is -2.97. The minimum absolute atomic E-state index is 0.0998. The second-order valence-corrected chi connectivity index (χ2v) is 6.83. The zero-order valence-corrected chi connectivity index (χ0v) is 15.5. The van der Waals surface area contributed by atoms with Gasteiger partial charge in [-0.05, 0) is 13.0 Å². The Morgan fingerprint density at radius 2 is 2.11 bits per heavy atom. The number of ether oxygens (including phenoxy) is 2. The molecule has 0 unspecified atom stereocenters. The molecule has 0 atom stereocenters. The summed E-state index contributed by atoms with van der Waals surface area (Å²) in [5, 5.41) is 2.66. The van der Waals surface area contributed by atoms with Gasteiger partial charge in [-0.1, -0.05) is 18.2 Å². The maximum atomic E-state index is 12.6. The van der Waals surface area contributed by atoms with Gasteiger partial charge in [-0.3, -0.25) is 9.20 Å². The van der Waals surface area contributed by atoms with E-state index in [4.69, 9.17) is 13.9 Å². The zero-order chi connectivity index (χ0) is 19.0. The predicted molar refractivity (Wildman–Crippen MR) is 100 cm³/mol. The summed E-state index contributed by atoms with van der Waals surface area (Å²) in [6, 6.07) is 8.70. The fourth-order valence-electron chi connectivity index (χ4n) is 2.93. The highest BCUT2D eigenvalue weighted by Gasteiger charge is 2.22. The first-order valence-corrected chi connectivity index (χ1v) is 9.09. The van der Waals surface area contributed by atoms with Gasteiger partial charge in [0, 0.05) is 35.2 Å². The average molecular weight is 384 g/mol. The molecule has 0 saturated carbocycles. The van der Waals surface area contributed by atoms with Crippen LogP contribution in [0.15, 0.2) is 44.9 Å². The molecule has 0 amide bonds. The smallest absolute Gasteiger partial charge is 0.375 e.